The molecule has 1 unspecified atom stereocenters. The zero-order valence-electron chi connectivity index (χ0n) is 15.4. The molecule has 1 aliphatic heterocycles. The average molecular weight is 357 g/mol. The summed E-state index contributed by atoms with van der Waals surface area (Å²) in [5.74, 6) is 0. The van der Waals surface area contributed by atoms with Crippen LogP contribution in [-0.2, 0) is 6.42 Å². The van der Waals surface area contributed by atoms with Gasteiger partial charge in [0.25, 0.3) is 0 Å². The summed E-state index contributed by atoms with van der Waals surface area (Å²) in [5, 5.41) is 3.52. The van der Waals surface area contributed by atoms with Crippen molar-refractivity contribution in [3.05, 3.63) is 58.5 Å². The molecule has 0 amide bonds. The molecule has 0 spiro atoms. The number of aromatic nitrogens is 1. The number of nitrogens with one attached hydrogen (secondary N) is 1. The van der Waals surface area contributed by atoms with Gasteiger partial charge in [-0.25, -0.2) is 0 Å². The van der Waals surface area contributed by atoms with Crippen LogP contribution in [0, 0.1) is 0 Å². The molecule has 1 saturated heterocycles. The molecule has 1 N–H and O–H groups in total. The first-order valence-electron chi connectivity index (χ1n) is 9.56. The Hall–Kier alpha value is -1.38. The van der Waals surface area contributed by atoms with Crippen molar-refractivity contribution in [2.75, 3.05) is 13.1 Å². The van der Waals surface area contributed by atoms with Crippen LogP contribution in [0.15, 0.2) is 47.2 Å². The second-order valence-electron chi connectivity index (χ2n) is 7.18. The number of fused-ring (bicyclic) bond motifs is 1. The number of hydrogen-bond acceptors (Lipinski definition) is 2. The predicted molar refractivity (Wildman–Crippen MR) is 108 cm³/mol. The number of piperidine rings is 1. The smallest absolute Gasteiger partial charge is 0.0739 e. The van der Waals surface area contributed by atoms with Crippen LogP contribution in [0.5, 0.6) is 0 Å². The Bertz CT molecular complexity index is 690. The van der Waals surface area contributed by atoms with E-state index in [9.17, 15) is 0 Å². The lowest BCUT2D eigenvalue weighted by Crippen LogP contribution is -2.24. The number of aryl methyl sites for hydroxylation is 1. The van der Waals surface area contributed by atoms with E-state index >= 15 is 0 Å². The van der Waals surface area contributed by atoms with Gasteiger partial charge in [0.1, 0.15) is 0 Å². The minimum atomic E-state index is 0.0374. The van der Waals surface area contributed by atoms with Gasteiger partial charge in [-0.15, -0.1) is 11.6 Å². The number of halogens is 1. The third-order valence-corrected chi connectivity index (χ3v) is 5.34. The SMILES string of the molecule is C/C1=C(\C=C/C(C)Cl)C(=C2CCNCC2)c2ncccc2CCCC1. The van der Waals surface area contributed by atoms with E-state index in [4.69, 9.17) is 16.6 Å². The van der Waals surface area contributed by atoms with Gasteiger partial charge in [0.15, 0.2) is 0 Å². The number of pyridine rings is 1. The minimum absolute atomic E-state index is 0.0374. The molecular weight excluding hydrogens is 328 g/mol. The number of hydrogen-bond donors (Lipinski definition) is 1. The molecule has 0 bridgehead atoms. The molecule has 3 heteroatoms. The summed E-state index contributed by atoms with van der Waals surface area (Å²) in [6.45, 7) is 6.42. The quantitative estimate of drug-likeness (QED) is 0.713. The molecule has 1 aromatic rings. The summed E-state index contributed by atoms with van der Waals surface area (Å²) in [6, 6.07) is 4.34. The van der Waals surface area contributed by atoms with Crippen molar-refractivity contribution >= 4 is 17.2 Å². The Labute approximate surface area is 157 Å². The van der Waals surface area contributed by atoms with E-state index in [0.717, 1.165) is 38.8 Å². The first-order valence-corrected chi connectivity index (χ1v) is 10.00. The number of nitrogens with zero attached hydrogens (tertiary/aromatic N) is 1. The summed E-state index contributed by atoms with van der Waals surface area (Å²) in [6.07, 6.45) is 13.2. The molecule has 1 aliphatic carbocycles. The maximum absolute atomic E-state index is 6.23. The summed E-state index contributed by atoms with van der Waals surface area (Å²) in [7, 11) is 0. The highest BCUT2D eigenvalue weighted by molar-refractivity contribution is 6.21. The first kappa shape index (κ1) is 18.4. The third kappa shape index (κ3) is 4.62. The molecule has 0 saturated carbocycles. The molecule has 1 atom stereocenters. The molecule has 1 fully saturated rings. The van der Waals surface area contributed by atoms with E-state index in [1.807, 2.05) is 13.1 Å². The van der Waals surface area contributed by atoms with Gasteiger partial charge >= 0.3 is 0 Å². The lowest BCUT2D eigenvalue weighted by Gasteiger charge is -2.23. The Morgan fingerprint density at radius 3 is 2.68 bits per heavy atom. The second-order valence-corrected chi connectivity index (χ2v) is 7.87. The molecule has 2 heterocycles. The lowest BCUT2D eigenvalue weighted by atomic mass is 9.86. The standard InChI is InChI=1S/C22H29ClN2/c1-16-6-3-4-7-19-8-5-13-25-22(19)21(18-11-14-24-15-12-18)20(16)10-9-17(2)23/h5,8-10,13,17,24H,3-4,6-7,11-12,14-15H2,1-2H3/b10-9-,20-16-. The van der Waals surface area contributed by atoms with Crippen molar-refractivity contribution in [3.63, 3.8) is 0 Å². The van der Waals surface area contributed by atoms with E-state index in [-0.39, 0.29) is 5.38 Å². The van der Waals surface area contributed by atoms with Crippen LogP contribution in [0.1, 0.15) is 57.2 Å². The van der Waals surface area contributed by atoms with Gasteiger partial charge in [-0.2, -0.15) is 0 Å². The fourth-order valence-corrected chi connectivity index (χ4v) is 3.91. The van der Waals surface area contributed by atoms with Crippen LogP contribution in [0.3, 0.4) is 0 Å². The van der Waals surface area contributed by atoms with Crippen molar-refractivity contribution in [1.29, 1.82) is 0 Å². The Balaban J connectivity index is 2.21. The average Bonchev–Trinajstić information content (AvgIpc) is 2.69. The maximum atomic E-state index is 6.23. The van der Waals surface area contributed by atoms with E-state index < -0.39 is 0 Å². The molecule has 25 heavy (non-hydrogen) atoms. The van der Waals surface area contributed by atoms with Crippen LogP contribution < -0.4 is 5.32 Å². The number of allylic oxidation sites excluding steroid dienone is 5. The monoisotopic (exact) mass is 356 g/mol. The Morgan fingerprint density at radius 1 is 1.16 bits per heavy atom. The van der Waals surface area contributed by atoms with Crippen molar-refractivity contribution < 1.29 is 0 Å². The van der Waals surface area contributed by atoms with Crippen LogP contribution in [0.2, 0.25) is 0 Å². The molecule has 1 aromatic heterocycles. The van der Waals surface area contributed by atoms with E-state index in [0.29, 0.717) is 0 Å². The predicted octanol–water partition coefficient (Wildman–Crippen LogP) is 5.45. The largest absolute Gasteiger partial charge is 0.316 e. The summed E-state index contributed by atoms with van der Waals surface area (Å²) < 4.78 is 0. The second kappa shape index (κ2) is 8.82. The van der Waals surface area contributed by atoms with Crippen molar-refractivity contribution in [2.45, 2.75) is 57.7 Å². The summed E-state index contributed by atoms with van der Waals surface area (Å²) in [4.78, 5) is 4.85. The number of alkyl halides is 1. The minimum Gasteiger partial charge on any atom is -0.316 e. The highest BCUT2D eigenvalue weighted by Crippen LogP contribution is 2.37. The molecule has 2 nitrogen and oxygen atoms in total. The normalized spacial score (nSPS) is 23.8. The van der Waals surface area contributed by atoms with Gasteiger partial charge in [-0.1, -0.05) is 29.4 Å². The van der Waals surface area contributed by atoms with Crippen molar-refractivity contribution in [3.8, 4) is 0 Å². The van der Waals surface area contributed by atoms with Gasteiger partial charge < -0.3 is 5.32 Å². The topological polar surface area (TPSA) is 24.9 Å². The fraction of sp³-hybridized carbons (Fsp3) is 0.500. The summed E-state index contributed by atoms with van der Waals surface area (Å²) >= 11 is 6.23. The molecule has 134 valence electrons. The Kier molecular flexibility index (Phi) is 6.50. The highest BCUT2D eigenvalue weighted by Gasteiger charge is 2.21. The first-order chi connectivity index (χ1) is 12.2. The van der Waals surface area contributed by atoms with E-state index in [1.165, 1.54) is 40.8 Å². The van der Waals surface area contributed by atoms with Gasteiger partial charge in [-0.3, -0.25) is 4.98 Å². The molecule has 3 rings (SSSR count). The zero-order valence-corrected chi connectivity index (χ0v) is 16.2. The van der Waals surface area contributed by atoms with E-state index in [2.05, 4.69) is 36.5 Å². The summed E-state index contributed by atoms with van der Waals surface area (Å²) in [5.41, 5.74) is 8.33. The molecule has 0 radical (unpaired) electrons. The highest BCUT2D eigenvalue weighted by atomic mass is 35.5. The van der Waals surface area contributed by atoms with Crippen LogP contribution in [0.25, 0.3) is 5.57 Å². The molecule has 0 aromatic carbocycles. The van der Waals surface area contributed by atoms with E-state index in [1.54, 1.807) is 5.57 Å². The van der Waals surface area contributed by atoms with Crippen LogP contribution >= 0.6 is 11.6 Å². The van der Waals surface area contributed by atoms with Crippen molar-refractivity contribution in [1.82, 2.24) is 10.3 Å². The van der Waals surface area contributed by atoms with Gasteiger partial charge in [0, 0.05) is 17.1 Å². The molecule has 2 aliphatic rings. The number of rotatable bonds is 2. The maximum Gasteiger partial charge on any atom is 0.0739 e. The van der Waals surface area contributed by atoms with Crippen LogP contribution in [0.4, 0.5) is 0 Å². The van der Waals surface area contributed by atoms with Crippen LogP contribution in [-0.4, -0.2) is 23.5 Å². The fourth-order valence-electron chi connectivity index (χ4n) is 3.84. The zero-order chi connectivity index (χ0) is 17.6. The van der Waals surface area contributed by atoms with Gasteiger partial charge in [0.05, 0.1) is 5.69 Å². The lowest BCUT2D eigenvalue weighted by molar-refractivity contribution is 0.611. The van der Waals surface area contributed by atoms with Gasteiger partial charge in [0.2, 0.25) is 0 Å². The van der Waals surface area contributed by atoms with Gasteiger partial charge in [-0.05, 0) is 82.7 Å². The Morgan fingerprint density at radius 2 is 1.92 bits per heavy atom. The third-order valence-electron chi connectivity index (χ3n) is 5.19. The molecular formula is C22H29ClN2. The van der Waals surface area contributed by atoms with Crippen molar-refractivity contribution in [2.24, 2.45) is 0 Å².